The van der Waals surface area contributed by atoms with Gasteiger partial charge in [-0.3, -0.25) is 4.79 Å². The van der Waals surface area contributed by atoms with Crippen LogP contribution in [0.5, 0.6) is 11.5 Å². The van der Waals surface area contributed by atoms with Crippen molar-refractivity contribution in [2.24, 2.45) is 5.10 Å². The second-order valence-electron chi connectivity index (χ2n) is 4.75. The van der Waals surface area contributed by atoms with Crippen LogP contribution in [0.25, 0.3) is 0 Å². The Morgan fingerprint density at radius 1 is 1.21 bits per heavy atom. The number of hydrogen-bond acceptors (Lipinski definition) is 5. The van der Waals surface area contributed by atoms with Gasteiger partial charge in [0.1, 0.15) is 0 Å². The Hall–Kier alpha value is -2.29. The van der Waals surface area contributed by atoms with Crippen LogP contribution >= 0.6 is 22.6 Å². The molecule has 0 bridgehead atoms. The van der Waals surface area contributed by atoms with Crippen LogP contribution in [-0.4, -0.2) is 32.9 Å². The standard InChI is InChI=1S/C17H18IN3O3/c1-23-15-9-12(8-14(18)17(15)24-2)10-20-21-16(22)11-19-13-6-4-3-5-7-13/h3-10,19H,11H2,1-2H3,(H,21,22)/b20-10-. The van der Waals surface area contributed by atoms with Crippen LogP contribution in [0.3, 0.4) is 0 Å². The summed E-state index contributed by atoms with van der Waals surface area (Å²) in [6.45, 7) is 0.144. The summed E-state index contributed by atoms with van der Waals surface area (Å²) in [6, 6.07) is 13.2. The van der Waals surface area contributed by atoms with Gasteiger partial charge in [0, 0.05) is 5.69 Å². The minimum atomic E-state index is -0.231. The van der Waals surface area contributed by atoms with Crippen molar-refractivity contribution in [2.45, 2.75) is 0 Å². The van der Waals surface area contributed by atoms with Crippen LogP contribution in [0.4, 0.5) is 5.69 Å². The number of benzene rings is 2. The Bertz CT molecular complexity index is 721. The lowest BCUT2D eigenvalue weighted by molar-refractivity contribution is -0.119. The molecule has 6 nitrogen and oxygen atoms in total. The molecule has 2 N–H and O–H groups in total. The van der Waals surface area contributed by atoms with Crippen LogP contribution in [0.2, 0.25) is 0 Å². The van der Waals surface area contributed by atoms with E-state index in [2.05, 4.69) is 38.4 Å². The van der Waals surface area contributed by atoms with Crippen LogP contribution in [0, 0.1) is 3.57 Å². The number of methoxy groups -OCH3 is 2. The molecule has 0 radical (unpaired) electrons. The molecule has 0 saturated heterocycles. The van der Waals surface area contributed by atoms with E-state index in [1.807, 2.05) is 36.4 Å². The molecular weight excluding hydrogens is 421 g/mol. The maximum absolute atomic E-state index is 11.8. The normalized spacial score (nSPS) is 10.5. The molecule has 0 aromatic heterocycles. The van der Waals surface area contributed by atoms with Crippen LogP contribution in [0.15, 0.2) is 47.6 Å². The highest BCUT2D eigenvalue weighted by molar-refractivity contribution is 14.1. The number of anilines is 1. The molecule has 2 rings (SSSR count). The number of hydrogen-bond donors (Lipinski definition) is 2. The van der Waals surface area contributed by atoms with Gasteiger partial charge in [-0.1, -0.05) is 18.2 Å². The lowest BCUT2D eigenvalue weighted by Crippen LogP contribution is -2.25. The highest BCUT2D eigenvalue weighted by Crippen LogP contribution is 2.32. The first-order valence-electron chi connectivity index (χ1n) is 7.16. The summed E-state index contributed by atoms with van der Waals surface area (Å²) < 4.78 is 11.5. The summed E-state index contributed by atoms with van der Waals surface area (Å²) in [5.41, 5.74) is 4.16. The van der Waals surface area contributed by atoms with E-state index in [1.165, 1.54) is 0 Å². The number of carbonyl (C=O) groups excluding carboxylic acids is 1. The largest absolute Gasteiger partial charge is 0.493 e. The quantitative estimate of drug-likeness (QED) is 0.396. The van der Waals surface area contributed by atoms with E-state index < -0.39 is 0 Å². The van der Waals surface area contributed by atoms with Crippen molar-refractivity contribution in [3.8, 4) is 11.5 Å². The van der Waals surface area contributed by atoms with E-state index in [9.17, 15) is 4.79 Å². The van der Waals surface area contributed by atoms with Gasteiger partial charge in [-0.05, 0) is 52.4 Å². The molecule has 0 unspecified atom stereocenters. The zero-order chi connectivity index (χ0) is 17.4. The van der Waals surface area contributed by atoms with Gasteiger partial charge in [-0.25, -0.2) is 5.43 Å². The fourth-order valence-electron chi connectivity index (χ4n) is 1.97. The third-order valence-electron chi connectivity index (χ3n) is 3.09. The zero-order valence-electron chi connectivity index (χ0n) is 13.4. The number of para-hydroxylation sites is 1. The molecule has 0 fully saturated rings. The number of rotatable bonds is 7. The third kappa shape index (κ3) is 5.12. The highest BCUT2D eigenvalue weighted by Gasteiger charge is 2.09. The first-order chi connectivity index (χ1) is 11.6. The number of nitrogens with one attached hydrogen (secondary N) is 2. The van der Waals surface area contributed by atoms with Crippen molar-refractivity contribution < 1.29 is 14.3 Å². The van der Waals surface area contributed by atoms with E-state index in [0.29, 0.717) is 11.5 Å². The van der Waals surface area contributed by atoms with E-state index in [4.69, 9.17) is 9.47 Å². The van der Waals surface area contributed by atoms with Crippen molar-refractivity contribution in [3.05, 3.63) is 51.6 Å². The number of ether oxygens (including phenoxy) is 2. The summed E-state index contributed by atoms with van der Waals surface area (Å²) in [6.07, 6.45) is 1.56. The average Bonchev–Trinajstić information content (AvgIpc) is 2.60. The Kier molecular flexibility index (Phi) is 6.86. The van der Waals surface area contributed by atoms with Gasteiger partial charge in [0.05, 0.1) is 30.5 Å². The maximum Gasteiger partial charge on any atom is 0.259 e. The number of halogens is 1. The average molecular weight is 439 g/mol. The monoisotopic (exact) mass is 439 g/mol. The van der Waals surface area contributed by atoms with Crippen molar-refractivity contribution >= 4 is 40.4 Å². The molecule has 0 saturated carbocycles. The predicted molar refractivity (Wildman–Crippen MR) is 103 cm³/mol. The summed E-state index contributed by atoms with van der Waals surface area (Å²) >= 11 is 2.16. The van der Waals surface area contributed by atoms with Crippen LogP contribution in [0.1, 0.15) is 5.56 Å². The molecule has 1 amide bonds. The molecule has 0 heterocycles. The van der Waals surface area contributed by atoms with Gasteiger partial charge in [0.25, 0.3) is 5.91 Å². The lowest BCUT2D eigenvalue weighted by Gasteiger charge is -2.10. The molecular formula is C17H18IN3O3. The number of hydrazone groups is 1. The molecule has 126 valence electrons. The Labute approximate surface area is 154 Å². The zero-order valence-corrected chi connectivity index (χ0v) is 15.5. The molecule has 0 atom stereocenters. The smallest absolute Gasteiger partial charge is 0.259 e. The third-order valence-corrected chi connectivity index (χ3v) is 3.89. The maximum atomic E-state index is 11.8. The van der Waals surface area contributed by atoms with Gasteiger partial charge < -0.3 is 14.8 Å². The lowest BCUT2D eigenvalue weighted by atomic mass is 10.2. The summed E-state index contributed by atoms with van der Waals surface area (Å²) in [4.78, 5) is 11.8. The van der Waals surface area contributed by atoms with E-state index in [1.54, 1.807) is 26.5 Å². The summed E-state index contributed by atoms with van der Waals surface area (Å²) in [5, 5.41) is 6.97. The summed E-state index contributed by atoms with van der Waals surface area (Å²) in [7, 11) is 3.17. The number of amides is 1. The van der Waals surface area contributed by atoms with E-state index in [0.717, 1.165) is 14.8 Å². The highest BCUT2D eigenvalue weighted by atomic mass is 127. The fourth-order valence-corrected chi connectivity index (χ4v) is 2.81. The second kappa shape index (κ2) is 9.11. The van der Waals surface area contributed by atoms with Crippen molar-refractivity contribution in [1.82, 2.24) is 5.43 Å². The first-order valence-corrected chi connectivity index (χ1v) is 8.24. The number of carbonyl (C=O) groups is 1. The topological polar surface area (TPSA) is 72.0 Å². The molecule has 0 spiro atoms. The number of nitrogens with zero attached hydrogens (tertiary/aromatic N) is 1. The minimum Gasteiger partial charge on any atom is -0.493 e. The van der Waals surface area contributed by atoms with Gasteiger partial charge in [-0.2, -0.15) is 5.10 Å². The second-order valence-corrected chi connectivity index (χ2v) is 5.91. The van der Waals surface area contributed by atoms with Crippen LogP contribution < -0.4 is 20.2 Å². The molecule has 2 aromatic rings. The van der Waals surface area contributed by atoms with Crippen molar-refractivity contribution in [3.63, 3.8) is 0 Å². The molecule has 2 aromatic carbocycles. The first kappa shape index (κ1) is 18.1. The predicted octanol–water partition coefficient (Wildman–Crippen LogP) is 2.87. The molecule has 0 aliphatic carbocycles. The summed E-state index contributed by atoms with van der Waals surface area (Å²) in [5.74, 6) is 1.06. The van der Waals surface area contributed by atoms with E-state index >= 15 is 0 Å². The van der Waals surface area contributed by atoms with Crippen molar-refractivity contribution in [2.75, 3.05) is 26.1 Å². The Balaban J connectivity index is 1.91. The van der Waals surface area contributed by atoms with Gasteiger partial charge in [0.15, 0.2) is 11.5 Å². The molecule has 7 heteroatoms. The van der Waals surface area contributed by atoms with Crippen molar-refractivity contribution in [1.29, 1.82) is 0 Å². The van der Waals surface area contributed by atoms with Gasteiger partial charge in [0.2, 0.25) is 0 Å². The molecule has 24 heavy (non-hydrogen) atoms. The fraction of sp³-hybridized carbons (Fsp3) is 0.176. The van der Waals surface area contributed by atoms with Crippen LogP contribution in [-0.2, 0) is 4.79 Å². The molecule has 0 aliphatic rings. The van der Waals surface area contributed by atoms with Gasteiger partial charge >= 0.3 is 0 Å². The minimum absolute atomic E-state index is 0.144. The molecule has 0 aliphatic heterocycles. The Morgan fingerprint density at radius 2 is 1.96 bits per heavy atom. The SMILES string of the molecule is COc1cc(/C=N\NC(=O)CNc2ccccc2)cc(I)c1OC. The Morgan fingerprint density at radius 3 is 2.62 bits per heavy atom. The van der Waals surface area contributed by atoms with E-state index in [-0.39, 0.29) is 12.5 Å². The van der Waals surface area contributed by atoms with Gasteiger partial charge in [-0.15, -0.1) is 0 Å².